The van der Waals surface area contributed by atoms with Gasteiger partial charge in [0.05, 0.1) is 10.8 Å². The molecular formula is C27H34N4O4. The number of nitrogens with one attached hydrogen (secondary N) is 1. The van der Waals surface area contributed by atoms with Crippen LogP contribution in [0.5, 0.6) is 0 Å². The van der Waals surface area contributed by atoms with Gasteiger partial charge in [-0.3, -0.25) is 24.7 Å². The smallest absolute Gasteiger partial charge is 0.269 e. The highest BCUT2D eigenvalue weighted by Gasteiger charge is 2.33. The standard InChI is InChI=1S/C27H34N4O4/c32-25(13-8-20-5-4-16-28-19-20)30-17-14-23(15-18-30)29-27(33)26(21-6-2-1-3-7-21)22-9-11-24(12-10-22)31(34)35/h4-5,9-12,16,19,21,23,26H,1-3,6-8,13-15,17-18H2,(H,29,33). The number of aromatic nitrogens is 1. The quantitative estimate of drug-likeness (QED) is 0.447. The summed E-state index contributed by atoms with van der Waals surface area (Å²) in [6.07, 6.45) is 11.6. The fourth-order valence-electron chi connectivity index (χ4n) is 5.43. The summed E-state index contributed by atoms with van der Waals surface area (Å²) >= 11 is 0. The summed E-state index contributed by atoms with van der Waals surface area (Å²) in [7, 11) is 0. The molecule has 2 aromatic rings. The average molecular weight is 479 g/mol. The van der Waals surface area contributed by atoms with Crippen molar-refractivity contribution in [3.8, 4) is 0 Å². The molecule has 2 aliphatic rings. The van der Waals surface area contributed by atoms with E-state index in [-0.39, 0.29) is 35.4 Å². The third-order valence-electron chi connectivity index (χ3n) is 7.41. The second-order valence-electron chi connectivity index (χ2n) is 9.75. The molecule has 1 N–H and O–H groups in total. The van der Waals surface area contributed by atoms with E-state index in [2.05, 4.69) is 10.3 Å². The number of nitro benzene ring substituents is 1. The number of pyridine rings is 1. The molecule has 1 unspecified atom stereocenters. The average Bonchev–Trinajstić information content (AvgIpc) is 2.89. The fourth-order valence-corrected chi connectivity index (χ4v) is 5.43. The van der Waals surface area contributed by atoms with Crippen LogP contribution >= 0.6 is 0 Å². The molecule has 1 aromatic carbocycles. The van der Waals surface area contributed by atoms with Crippen LogP contribution in [0.3, 0.4) is 0 Å². The van der Waals surface area contributed by atoms with Gasteiger partial charge in [-0.25, -0.2) is 0 Å². The Morgan fingerprint density at radius 3 is 2.40 bits per heavy atom. The number of amides is 2. The minimum Gasteiger partial charge on any atom is -0.353 e. The highest BCUT2D eigenvalue weighted by Crippen LogP contribution is 2.37. The third kappa shape index (κ3) is 6.65. The van der Waals surface area contributed by atoms with Crippen molar-refractivity contribution in [3.63, 3.8) is 0 Å². The van der Waals surface area contributed by atoms with Crippen LogP contribution in [-0.4, -0.2) is 45.8 Å². The lowest BCUT2D eigenvalue weighted by Crippen LogP contribution is -2.48. The number of piperidine rings is 1. The van der Waals surface area contributed by atoms with Crippen molar-refractivity contribution in [2.24, 2.45) is 5.92 Å². The monoisotopic (exact) mass is 478 g/mol. The Kier molecular flexibility index (Phi) is 8.45. The van der Waals surface area contributed by atoms with E-state index >= 15 is 0 Å². The van der Waals surface area contributed by atoms with Crippen molar-refractivity contribution in [2.45, 2.75) is 69.7 Å². The van der Waals surface area contributed by atoms with Gasteiger partial charge in [-0.05, 0) is 55.2 Å². The van der Waals surface area contributed by atoms with Gasteiger partial charge in [-0.1, -0.05) is 37.5 Å². The first-order chi connectivity index (χ1) is 17.0. The lowest BCUT2D eigenvalue weighted by atomic mass is 9.76. The van der Waals surface area contributed by atoms with Crippen LogP contribution in [-0.2, 0) is 16.0 Å². The number of non-ortho nitro benzene ring substituents is 1. The van der Waals surface area contributed by atoms with Crippen LogP contribution in [0.2, 0.25) is 0 Å². The predicted molar refractivity (Wildman–Crippen MR) is 133 cm³/mol. The minimum absolute atomic E-state index is 0.00658. The Hall–Kier alpha value is -3.29. The topological polar surface area (TPSA) is 105 Å². The first kappa shape index (κ1) is 24.8. The number of likely N-dealkylation sites (tertiary alicyclic amines) is 1. The Labute approximate surface area is 206 Å². The highest BCUT2D eigenvalue weighted by atomic mass is 16.6. The Morgan fingerprint density at radius 2 is 1.77 bits per heavy atom. The molecule has 8 heteroatoms. The largest absolute Gasteiger partial charge is 0.353 e. The van der Waals surface area contributed by atoms with Gasteiger partial charge in [-0.2, -0.15) is 0 Å². The molecule has 8 nitrogen and oxygen atoms in total. The third-order valence-corrected chi connectivity index (χ3v) is 7.41. The summed E-state index contributed by atoms with van der Waals surface area (Å²) in [6.45, 7) is 1.28. The van der Waals surface area contributed by atoms with Crippen LogP contribution in [0.1, 0.15) is 68.4 Å². The van der Waals surface area contributed by atoms with E-state index in [0.29, 0.717) is 25.9 Å². The zero-order valence-corrected chi connectivity index (χ0v) is 20.1. The van der Waals surface area contributed by atoms with Gasteiger partial charge in [0.1, 0.15) is 0 Å². The molecule has 1 aliphatic heterocycles. The minimum atomic E-state index is -0.411. The molecule has 2 heterocycles. The van der Waals surface area contributed by atoms with Gasteiger partial charge in [0, 0.05) is 50.1 Å². The first-order valence-corrected chi connectivity index (χ1v) is 12.7. The van der Waals surface area contributed by atoms with Gasteiger partial charge >= 0.3 is 0 Å². The van der Waals surface area contributed by atoms with Crippen LogP contribution < -0.4 is 5.32 Å². The molecule has 4 rings (SSSR count). The lowest BCUT2D eigenvalue weighted by Gasteiger charge is -2.35. The number of nitro groups is 1. The molecule has 0 bridgehead atoms. The van der Waals surface area contributed by atoms with Crippen LogP contribution in [0.15, 0.2) is 48.8 Å². The molecule has 1 saturated carbocycles. The zero-order valence-electron chi connectivity index (χ0n) is 20.1. The number of carbonyl (C=O) groups excluding carboxylic acids is 2. The Morgan fingerprint density at radius 1 is 1.06 bits per heavy atom. The summed E-state index contributed by atoms with van der Waals surface area (Å²) in [5.41, 5.74) is 1.95. The normalized spacial score (nSPS) is 18.1. The van der Waals surface area contributed by atoms with Gasteiger partial charge in [0.25, 0.3) is 5.69 Å². The molecule has 1 saturated heterocycles. The summed E-state index contributed by atoms with van der Waals surface area (Å²) < 4.78 is 0. The van der Waals surface area contributed by atoms with E-state index in [1.165, 1.54) is 18.6 Å². The van der Waals surface area contributed by atoms with E-state index in [9.17, 15) is 19.7 Å². The first-order valence-electron chi connectivity index (χ1n) is 12.7. The van der Waals surface area contributed by atoms with Crippen molar-refractivity contribution in [1.82, 2.24) is 15.2 Å². The fraction of sp³-hybridized carbons (Fsp3) is 0.519. The maximum absolute atomic E-state index is 13.5. The molecule has 0 spiro atoms. The second-order valence-corrected chi connectivity index (χ2v) is 9.75. The highest BCUT2D eigenvalue weighted by molar-refractivity contribution is 5.84. The summed E-state index contributed by atoms with van der Waals surface area (Å²) in [4.78, 5) is 42.8. The van der Waals surface area contributed by atoms with Crippen molar-refractivity contribution in [2.75, 3.05) is 13.1 Å². The second kappa shape index (κ2) is 11.9. The van der Waals surface area contributed by atoms with Crippen LogP contribution in [0.25, 0.3) is 0 Å². The van der Waals surface area contributed by atoms with E-state index in [4.69, 9.17) is 0 Å². The van der Waals surface area contributed by atoms with Gasteiger partial charge in [0.2, 0.25) is 11.8 Å². The SMILES string of the molecule is O=C(NC1CCN(C(=O)CCc2cccnc2)CC1)C(c1ccc([N+](=O)[O-])cc1)C1CCCCC1. The van der Waals surface area contributed by atoms with Crippen molar-refractivity contribution >= 4 is 17.5 Å². The number of nitrogens with zero attached hydrogens (tertiary/aromatic N) is 3. The van der Waals surface area contributed by atoms with E-state index in [0.717, 1.165) is 49.7 Å². The predicted octanol–water partition coefficient (Wildman–Crippen LogP) is 4.39. The molecule has 1 aromatic heterocycles. The number of rotatable bonds is 8. The summed E-state index contributed by atoms with van der Waals surface area (Å²) in [5.74, 6) is 0.103. The number of carbonyl (C=O) groups is 2. The Bertz CT molecular complexity index is 998. The van der Waals surface area contributed by atoms with Gasteiger partial charge < -0.3 is 10.2 Å². The number of benzene rings is 1. The number of hydrogen-bond acceptors (Lipinski definition) is 5. The molecule has 35 heavy (non-hydrogen) atoms. The summed E-state index contributed by atoms with van der Waals surface area (Å²) in [5, 5.41) is 14.3. The molecule has 186 valence electrons. The molecule has 1 aliphatic carbocycles. The maximum atomic E-state index is 13.5. The maximum Gasteiger partial charge on any atom is 0.269 e. The number of hydrogen-bond donors (Lipinski definition) is 1. The molecule has 0 radical (unpaired) electrons. The summed E-state index contributed by atoms with van der Waals surface area (Å²) in [6, 6.07) is 10.4. The van der Waals surface area contributed by atoms with Crippen molar-refractivity contribution in [1.29, 1.82) is 0 Å². The Balaban J connectivity index is 1.33. The molecule has 2 fully saturated rings. The van der Waals surface area contributed by atoms with E-state index < -0.39 is 4.92 Å². The lowest BCUT2D eigenvalue weighted by molar-refractivity contribution is -0.384. The number of aryl methyl sites for hydroxylation is 1. The van der Waals surface area contributed by atoms with Gasteiger partial charge in [0.15, 0.2) is 0 Å². The van der Waals surface area contributed by atoms with E-state index in [1.807, 2.05) is 17.0 Å². The molecular weight excluding hydrogens is 444 g/mol. The molecule has 2 amide bonds. The zero-order chi connectivity index (χ0) is 24.6. The van der Waals surface area contributed by atoms with E-state index in [1.54, 1.807) is 24.5 Å². The van der Waals surface area contributed by atoms with Crippen LogP contribution in [0, 0.1) is 16.0 Å². The van der Waals surface area contributed by atoms with Crippen molar-refractivity contribution in [3.05, 3.63) is 70.0 Å². The molecule has 1 atom stereocenters. The van der Waals surface area contributed by atoms with Crippen LogP contribution in [0.4, 0.5) is 5.69 Å². The van der Waals surface area contributed by atoms with Gasteiger partial charge in [-0.15, -0.1) is 0 Å². The van der Waals surface area contributed by atoms with Crippen molar-refractivity contribution < 1.29 is 14.5 Å².